The molecule has 0 aromatic carbocycles. The number of aliphatic hydroxyl groups is 1. The molecule has 5 aliphatic carbocycles. The topological polar surface area (TPSA) is 104 Å². The van der Waals surface area contributed by atoms with Gasteiger partial charge in [0.1, 0.15) is 11.7 Å². The van der Waals surface area contributed by atoms with Gasteiger partial charge in [0.25, 0.3) is 0 Å². The van der Waals surface area contributed by atoms with Crippen LogP contribution in [0.15, 0.2) is 23.3 Å². The number of Topliss-reactive ketones (excluding diaryl/α,β-unsaturated/α-hetero) is 1. The van der Waals surface area contributed by atoms with Gasteiger partial charge in [0.05, 0.1) is 18.1 Å². The zero-order valence-electron chi connectivity index (χ0n) is 23.4. The minimum absolute atomic E-state index is 0.0299. The molecular formula is C31H41NO5. The number of carbonyl (C=O) groups is 3. The predicted octanol–water partition coefficient (Wildman–Crippen LogP) is 5.10. The Bertz CT molecular complexity index is 1200. The van der Waals surface area contributed by atoms with Crippen LogP contribution < -0.4 is 0 Å². The number of hydrogen-bond donors (Lipinski definition) is 1. The van der Waals surface area contributed by atoms with E-state index in [0.29, 0.717) is 12.8 Å². The summed E-state index contributed by atoms with van der Waals surface area (Å²) in [6, 6.07) is 2.01. The first-order valence-corrected chi connectivity index (χ1v) is 13.8. The average Bonchev–Trinajstić information content (AvgIpc) is 2.82. The number of nitrogens with zero attached hydrogens (tertiary/aromatic N) is 1. The van der Waals surface area contributed by atoms with Crippen LogP contribution >= 0.6 is 0 Å². The van der Waals surface area contributed by atoms with Gasteiger partial charge in [-0.15, -0.1) is 0 Å². The van der Waals surface area contributed by atoms with E-state index in [1.54, 1.807) is 12.2 Å². The third kappa shape index (κ3) is 3.10. The molecule has 8 atom stereocenters. The molecule has 0 bridgehead atoms. The summed E-state index contributed by atoms with van der Waals surface area (Å²) in [5, 5.41) is 21.1. The Morgan fingerprint density at radius 3 is 2.32 bits per heavy atom. The van der Waals surface area contributed by atoms with Crippen LogP contribution in [0.25, 0.3) is 0 Å². The van der Waals surface area contributed by atoms with Gasteiger partial charge in [0.15, 0.2) is 5.78 Å². The molecule has 3 saturated carbocycles. The predicted molar refractivity (Wildman–Crippen MR) is 138 cm³/mol. The maximum absolute atomic E-state index is 14.3. The lowest BCUT2D eigenvalue weighted by atomic mass is 9.34. The Morgan fingerprint density at radius 1 is 1.05 bits per heavy atom. The average molecular weight is 508 g/mol. The first-order chi connectivity index (χ1) is 17.0. The molecule has 2 unspecified atom stereocenters. The quantitative estimate of drug-likeness (QED) is 0.495. The molecule has 6 nitrogen and oxygen atoms in total. The van der Waals surface area contributed by atoms with Crippen molar-refractivity contribution in [3.8, 4) is 6.07 Å². The van der Waals surface area contributed by atoms with E-state index in [-0.39, 0.29) is 40.0 Å². The second-order valence-electron chi connectivity index (χ2n) is 14.3. The van der Waals surface area contributed by atoms with Crippen LogP contribution in [0.3, 0.4) is 0 Å². The van der Waals surface area contributed by atoms with E-state index < -0.39 is 33.5 Å². The lowest BCUT2D eigenvalue weighted by Crippen LogP contribution is -2.66. The highest BCUT2D eigenvalue weighted by Gasteiger charge is 2.71. The van der Waals surface area contributed by atoms with Gasteiger partial charge >= 0.3 is 5.97 Å². The Kier molecular flexibility index (Phi) is 5.45. The second-order valence-corrected chi connectivity index (χ2v) is 14.3. The first-order valence-electron chi connectivity index (χ1n) is 13.8. The van der Waals surface area contributed by atoms with Gasteiger partial charge < -0.3 is 9.84 Å². The Hall–Kier alpha value is -2.26. The Morgan fingerprint density at radius 2 is 1.70 bits per heavy atom. The zero-order valence-corrected chi connectivity index (χ0v) is 23.4. The number of ether oxygens (including phenoxy) is 1. The fraction of sp³-hybridized carbons (Fsp3) is 0.742. The minimum Gasteiger partial charge on any atom is -0.469 e. The number of allylic oxidation sites excluding steroid dienone is 3. The molecule has 37 heavy (non-hydrogen) atoms. The SMILES string of the molecule is COC(=O)[C@]12CCC(C)(C)CC1[C@@H]1C(=O)C=C3[C@@]4(C)C=C(C#N)C(=O)[C@](C)(O)C4CC[C@@]3(C)[C@]1(C)CC2. The molecule has 0 radical (unpaired) electrons. The monoisotopic (exact) mass is 507 g/mol. The van der Waals surface area contributed by atoms with Crippen LogP contribution in [0.2, 0.25) is 0 Å². The molecule has 0 aromatic rings. The number of methoxy groups -OCH3 is 1. The van der Waals surface area contributed by atoms with E-state index >= 15 is 0 Å². The van der Waals surface area contributed by atoms with Gasteiger partial charge in [-0.25, -0.2) is 0 Å². The smallest absolute Gasteiger partial charge is 0.312 e. The third-order valence-electron chi connectivity index (χ3n) is 12.1. The van der Waals surface area contributed by atoms with Crippen LogP contribution in [0, 0.1) is 56.2 Å². The molecule has 5 aliphatic rings. The van der Waals surface area contributed by atoms with Gasteiger partial charge in [-0.2, -0.15) is 5.26 Å². The molecular weight excluding hydrogens is 466 g/mol. The lowest BCUT2D eigenvalue weighted by Gasteiger charge is -2.68. The van der Waals surface area contributed by atoms with Crippen molar-refractivity contribution in [1.29, 1.82) is 5.26 Å². The van der Waals surface area contributed by atoms with Crippen molar-refractivity contribution >= 4 is 17.5 Å². The van der Waals surface area contributed by atoms with E-state index in [2.05, 4.69) is 27.7 Å². The van der Waals surface area contributed by atoms with E-state index in [9.17, 15) is 24.8 Å². The molecule has 0 heterocycles. The van der Waals surface area contributed by atoms with Crippen LogP contribution in [-0.4, -0.2) is 35.4 Å². The minimum atomic E-state index is -1.67. The molecule has 0 spiro atoms. The van der Waals surface area contributed by atoms with Gasteiger partial charge in [0, 0.05) is 17.3 Å². The maximum Gasteiger partial charge on any atom is 0.312 e. The third-order valence-corrected chi connectivity index (χ3v) is 12.1. The van der Waals surface area contributed by atoms with Gasteiger partial charge in [-0.05, 0) is 80.1 Å². The molecule has 200 valence electrons. The van der Waals surface area contributed by atoms with Crippen LogP contribution in [0.1, 0.15) is 86.5 Å². The summed E-state index contributed by atoms with van der Waals surface area (Å²) in [7, 11) is 1.46. The number of hydrogen-bond acceptors (Lipinski definition) is 6. The highest BCUT2D eigenvalue weighted by Crippen LogP contribution is 2.74. The Labute approximate surface area is 220 Å². The number of carbonyl (C=O) groups excluding carboxylic acids is 3. The second kappa shape index (κ2) is 7.65. The van der Waals surface area contributed by atoms with Gasteiger partial charge in [0.2, 0.25) is 5.78 Å². The Balaban J connectivity index is 1.71. The van der Waals surface area contributed by atoms with Crippen LogP contribution in [0.5, 0.6) is 0 Å². The van der Waals surface area contributed by atoms with Crippen molar-refractivity contribution in [3.63, 3.8) is 0 Å². The summed E-state index contributed by atoms with van der Waals surface area (Å²) < 4.78 is 5.38. The summed E-state index contributed by atoms with van der Waals surface area (Å²) in [5.41, 5.74) is -2.94. The normalized spacial score (nSPS) is 48.2. The van der Waals surface area contributed by atoms with Gasteiger partial charge in [-0.3, -0.25) is 14.4 Å². The van der Waals surface area contributed by atoms with Crippen molar-refractivity contribution in [3.05, 3.63) is 23.3 Å². The van der Waals surface area contributed by atoms with E-state index in [0.717, 1.165) is 37.7 Å². The fourth-order valence-electron chi connectivity index (χ4n) is 9.87. The molecule has 0 amide bonds. The number of esters is 1. The fourth-order valence-corrected chi connectivity index (χ4v) is 9.87. The summed E-state index contributed by atoms with van der Waals surface area (Å²) in [4.78, 5) is 40.6. The molecule has 6 heteroatoms. The van der Waals surface area contributed by atoms with Crippen molar-refractivity contribution in [2.75, 3.05) is 7.11 Å². The van der Waals surface area contributed by atoms with Gasteiger partial charge in [-0.1, -0.05) is 46.3 Å². The number of nitriles is 1. The van der Waals surface area contributed by atoms with E-state index in [1.165, 1.54) is 14.0 Å². The standard InChI is InChI=1S/C31H41NO5/c1-26(2)10-12-31(25(35)37-7)13-11-29(5)23(19(31)16-26)20(33)14-22-27(3)15-18(17-32)24(34)30(6,36)21(27)8-9-28(22,29)4/h14-15,19,21,23,36H,8-13,16H2,1-7H3/t19?,21?,23-,27+,28-,29-,30-,31+/m1/s1. The maximum atomic E-state index is 14.3. The molecule has 0 saturated heterocycles. The van der Waals surface area contributed by atoms with E-state index in [4.69, 9.17) is 4.74 Å². The summed E-state index contributed by atoms with van der Waals surface area (Å²) in [5.74, 6) is -1.49. The van der Waals surface area contributed by atoms with Crippen molar-refractivity contribution in [1.82, 2.24) is 0 Å². The molecule has 1 N–H and O–H groups in total. The molecule has 5 rings (SSSR count). The summed E-state index contributed by atoms with van der Waals surface area (Å²) >= 11 is 0. The zero-order chi connectivity index (χ0) is 27.4. The highest BCUT2D eigenvalue weighted by atomic mass is 16.5. The number of fused-ring (bicyclic) bond motifs is 7. The summed E-state index contributed by atoms with van der Waals surface area (Å²) in [6.07, 6.45) is 8.76. The van der Waals surface area contributed by atoms with E-state index in [1.807, 2.05) is 13.0 Å². The van der Waals surface area contributed by atoms with Crippen molar-refractivity contribution in [2.24, 2.45) is 44.8 Å². The lowest BCUT2D eigenvalue weighted by molar-refractivity contribution is -0.192. The first kappa shape index (κ1) is 26.4. The van der Waals surface area contributed by atoms with Crippen molar-refractivity contribution < 1.29 is 24.2 Å². The van der Waals surface area contributed by atoms with Crippen molar-refractivity contribution in [2.45, 2.75) is 92.1 Å². The van der Waals surface area contributed by atoms with Crippen LogP contribution in [0.4, 0.5) is 0 Å². The summed E-state index contributed by atoms with van der Waals surface area (Å²) in [6.45, 7) is 12.5. The highest BCUT2D eigenvalue weighted by molar-refractivity contribution is 6.06. The number of ketones is 2. The molecule has 0 aliphatic heterocycles. The number of rotatable bonds is 1. The molecule has 3 fully saturated rings. The van der Waals surface area contributed by atoms with Crippen LogP contribution in [-0.2, 0) is 19.1 Å². The molecule has 0 aromatic heterocycles. The largest absolute Gasteiger partial charge is 0.469 e.